The Hall–Kier alpha value is -5.32. The minimum atomic E-state index is -1.46. The van der Waals surface area contributed by atoms with Crippen LogP contribution in [-0.4, -0.2) is 51.1 Å². The number of ether oxygens (including phenoxy) is 2. The standard InChI is InChI=1S/C30H27N5O6/c1-4-41-27(37)25-23-13-18(8-12-24(23)34(2)33-25)17-5-9-20(10-6-17)30(28(38)31-29(39)32-30)16-35-15-19-7-11-21(40-3)14-22(19)26(35)36/h5-15,36H,4,16H2,1-3H3,(H2,31,32,38,39)/t30-/m0/s1. The van der Waals surface area contributed by atoms with Gasteiger partial charge in [-0.15, -0.1) is 0 Å². The first-order chi connectivity index (χ1) is 19.7. The molecule has 1 aliphatic rings. The van der Waals surface area contributed by atoms with Crippen LogP contribution in [0.1, 0.15) is 23.0 Å². The fraction of sp³-hybridized carbons (Fsp3) is 0.200. The highest BCUT2D eigenvalue weighted by Crippen LogP contribution is 2.36. The average molecular weight is 554 g/mol. The van der Waals surface area contributed by atoms with Gasteiger partial charge < -0.3 is 24.5 Å². The molecule has 11 nitrogen and oxygen atoms in total. The third kappa shape index (κ3) is 4.22. The zero-order valence-corrected chi connectivity index (χ0v) is 22.6. The maximum atomic E-state index is 13.2. The highest BCUT2D eigenvalue weighted by Gasteiger charge is 2.48. The number of carbonyl (C=O) groups excluding carboxylic acids is 3. The molecule has 3 amide bonds. The van der Waals surface area contributed by atoms with Gasteiger partial charge in [-0.1, -0.05) is 30.3 Å². The van der Waals surface area contributed by atoms with Gasteiger partial charge in [0.2, 0.25) is 0 Å². The van der Waals surface area contributed by atoms with Crippen LogP contribution in [0.3, 0.4) is 0 Å². The van der Waals surface area contributed by atoms with Crippen molar-refractivity contribution in [1.29, 1.82) is 0 Å². The summed E-state index contributed by atoms with van der Waals surface area (Å²) in [6.45, 7) is 1.94. The summed E-state index contributed by atoms with van der Waals surface area (Å²) in [4.78, 5) is 38.0. The monoisotopic (exact) mass is 553 g/mol. The fourth-order valence-electron chi connectivity index (χ4n) is 5.37. The van der Waals surface area contributed by atoms with Crippen molar-refractivity contribution in [3.63, 3.8) is 0 Å². The van der Waals surface area contributed by atoms with Crippen LogP contribution in [0.5, 0.6) is 11.6 Å². The van der Waals surface area contributed by atoms with E-state index >= 15 is 0 Å². The van der Waals surface area contributed by atoms with Gasteiger partial charge in [0, 0.05) is 29.4 Å². The van der Waals surface area contributed by atoms with E-state index in [1.165, 1.54) is 4.57 Å². The molecular weight excluding hydrogens is 526 g/mol. The van der Waals surface area contributed by atoms with E-state index in [-0.39, 0.29) is 24.7 Å². The van der Waals surface area contributed by atoms with Crippen LogP contribution in [-0.2, 0) is 28.7 Å². The first kappa shape index (κ1) is 25.9. The predicted octanol–water partition coefficient (Wildman–Crippen LogP) is 3.82. The molecule has 0 unspecified atom stereocenters. The van der Waals surface area contributed by atoms with Crippen molar-refractivity contribution in [2.45, 2.75) is 19.0 Å². The van der Waals surface area contributed by atoms with Gasteiger partial charge >= 0.3 is 12.0 Å². The Morgan fingerprint density at radius 3 is 2.46 bits per heavy atom. The van der Waals surface area contributed by atoms with Gasteiger partial charge in [0.25, 0.3) is 5.91 Å². The molecule has 3 heterocycles. The molecule has 6 rings (SSSR count). The fourth-order valence-corrected chi connectivity index (χ4v) is 5.37. The van der Waals surface area contributed by atoms with Crippen LogP contribution in [0.4, 0.5) is 4.79 Å². The number of nitrogens with zero attached hydrogens (tertiary/aromatic N) is 3. The normalized spacial score (nSPS) is 16.7. The molecule has 0 saturated carbocycles. The third-order valence-corrected chi connectivity index (χ3v) is 7.45. The highest BCUT2D eigenvalue weighted by molar-refractivity contribution is 6.07. The largest absolute Gasteiger partial charge is 0.497 e. The van der Waals surface area contributed by atoms with Crippen LogP contribution < -0.4 is 15.4 Å². The molecule has 2 aromatic heterocycles. The number of fused-ring (bicyclic) bond motifs is 2. The zero-order valence-electron chi connectivity index (χ0n) is 22.6. The number of aromatic hydroxyl groups is 1. The number of methoxy groups -OCH3 is 1. The third-order valence-electron chi connectivity index (χ3n) is 7.45. The number of benzene rings is 3. The van der Waals surface area contributed by atoms with Crippen molar-refractivity contribution in [2.75, 3.05) is 13.7 Å². The summed E-state index contributed by atoms with van der Waals surface area (Å²) in [7, 11) is 3.31. The number of hydrogen-bond donors (Lipinski definition) is 3. The molecular formula is C30H27N5O6. The lowest BCUT2D eigenvalue weighted by atomic mass is 9.88. The average Bonchev–Trinajstić information content (AvgIpc) is 3.58. The van der Waals surface area contributed by atoms with Crippen molar-refractivity contribution in [3.8, 4) is 22.8 Å². The van der Waals surface area contributed by atoms with Gasteiger partial charge in [-0.25, -0.2) is 9.59 Å². The number of urea groups is 1. The maximum absolute atomic E-state index is 13.2. The Bertz CT molecular complexity index is 1860. The van der Waals surface area contributed by atoms with Crippen molar-refractivity contribution in [2.24, 2.45) is 7.05 Å². The van der Waals surface area contributed by atoms with Gasteiger partial charge in [-0.05, 0) is 53.9 Å². The summed E-state index contributed by atoms with van der Waals surface area (Å²) in [6.07, 6.45) is 1.72. The number of aromatic nitrogens is 3. The van der Waals surface area contributed by atoms with E-state index in [0.29, 0.717) is 22.1 Å². The van der Waals surface area contributed by atoms with Crippen LogP contribution >= 0.6 is 0 Å². The SMILES string of the molecule is CCOC(=O)c1nn(C)c2ccc(-c3ccc([C@]4(Cn5cc6ccc(OC)cc6c5O)NC(=O)NC4=O)cc3)cc12. The molecule has 1 aliphatic heterocycles. The second-order valence-electron chi connectivity index (χ2n) is 9.85. The number of esters is 1. The van der Waals surface area contributed by atoms with Crippen LogP contribution in [0.15, 0.2) is 66.9 Å². The number of aryl methyl sites for hydroxylation is 1. The molecule has 41 heavy (non-hydrogen) atoms. The van der Waals surface area contributed by atoms with Crippen molar-refractivity contribution >= 4 is 39.6 Å². The minimum absolute atomic E-state index is 0.0444. The van der Waals surface area contributed by atoms with Gasteiger partial charge in [0.05, 0.1) is 25.8 Å². The van der Waals surface area contributed by atoms with E-state index < -0.39 is 23.4 Å². The van der Waals surface area contributed by atoms with Crippen LogP contribution in [0.25, 0.3) is 32.8 Å². The summed E-state index contributed by atoms with van der Waals surface area (Å²) in [5.74, 6) is -0.483. The topological polar surface area (TPSA) is 137 Å². The summed E-state index contributed by atoms with van der Waals surface area (Å²) >= 11 is 0. The Balaban J connectivity index is 1.38. The molecule has 3 N–H and O–H groups in total. The predicted molar refractivity (Wildman–Crippen MR) is 151 cm³/mol. The number of rotatable bonds is 7. The van der Waals surface area contributed by atoms with Gasteiger partial charge in [0.1, 0.15) is 5.75 Å². The molecule has 0 aliphatic carbocycles. The zero-order chi connectivity index (χ0) is 28.9. The van der Waals surface area contributed by atoms with E-state index in [1.54, 1.807) is 56.2 Å². The lowest BCUT2D eigenvalue weighted by Gasteiger charge is -2.27. The quantitative estimate of drug-likeness (QED) is 0.206. The molecule has 0 radical (unpaired) electrons. The Morgan fingerprint density at radius 2 is 1.78 bits per heavy atom. The lowest BCUT2D eigenvalue weighted by Crippen LogP contribution is -2.47. The smallest absolute Gasteiger partial charge is 0.359 e. The van der Waals surface area contributed by atoms with E-state index in [2.05, 4.69) is 15.7 Å². The molecule has 208 valence electrons. The molecule has 1 atom stereocenters. The van der Waals surface area contributed by atoms with Crippen molar-refractivity contribution in [1.82, 2.24) is 25.0 Å². The van der Waals surface area contributed by atoms with E-state index in [1.807, 2.05) is 36.4 Å². The van der Waals surface area contributed by atoms with E-state index in [4.69, 9.17) is 9.47 Å². The minimum Gasteiger partial charge on any atom is -0.497 e. The Morgan fingerprint density at radius 1 is 1.02 bits per heavy atom. The first-order valence-electron chi connectivity index (χ1n) is 13.0. The van der Waals surface area contributed by atoms with E-state index in [0.717, 1.165) is 22.0 Å². The number of nitrogens with one attached hydrogen (secondary N) is 2. The molecule has 1 saturated heterocycles. The van der Waals surface area contributed by atoms with Gasteiger partial charge in [-0.2, -0.15) is 5.10 Å². The molecule has 0 bridgehead atoms. The number of hydrogen-bond acceptors (Lipinski definition) is 7. The second kappa shape index (κ2) is 9.70. The Kier molecular flexibility index (Phi) is 6.14. The first-order valence-corrected chi connectivity index (χ1v) is 13.0. The lowest BCUT2D eigenvalue weighted by molar-refractivity contribution is -0.124. The Labute approximate surface area is 234 Å². The second-order valence-corrected chi connectivity index (χ2v) is 9.85. The molecule has 3 aromatic carbocycles. The molecule has 5 aromatic rings. The molecule has 0 spiro atoms. The molecule has 11 heteroatoms. The number of carbonyl (C=O) groups is 3. The van der Waals surface area contributed by atoms with E-state index in [9.17, 15) is 19.5 Å². The summed E-state index contributed by atoms with van der Waals surface area (Å²) in [5.41, 5.74) is 1.76. The van der Waals surface area contributed by atoms with Crippen molar-refractivity contribution in [3.05, 3.63) is 78.1 Å². The summed E-state index contributed by atoms with van der Waals surface area (Å²) in [5, 5.41) is 22.4. The van der Waals surface area contributed by atoms with Crippen molar-refractivity contribution < 1.29 is 29.0 Å². The number of amides is 3. The van der Waals surface area contributed by atoms with Crippen LogP contribution in [0.2, 0.25) is 0 Å². The molecule has 1 fully saturated rings. The van der Waals surface area contributed by atoms with Gasteiger partial charge in [-0.3, -0.25) is 14.8 Å². The highest BCUT2D eigenvalue weighted by atomic mass is 16.5. The maximum Gasteiger partial charge on any atom is 0.359 e. The van der Waals surface area contributed by atoms with Crippen LogP contribution in [0, 0.1) is 0 Å². The van der Waals surface area contributed by atoms with Gasteiger partial charge in [0.15, 0.2) is 17.1 Å². The summed E-state index contributed by atoms with van der Waals surface area (Å²) in [6, 6.07) is 17.6. The number of imide groups is 1. The summed E-state index contributed by atoms with van der Waals surface area (Å²) < 4.78 is 13.6.